The second-order valence-corrected chi connectivity index (χ2v) is 7.01. The summed E-state index contributed by atoms with van der Waals surface area (Å²) in [7, 11) is 0. The van der Waals surface area contributed by atoms with Crippen molar-refractivity contribution in [3.05, 3.63) is 21.9 Å². The van der Waals surface area contributed by atoms with E-state index in [4.69, 9.17) is 4.74 Å². The molecule has 2 N–H and O–H groups in total. The van der Waals surface area contributed by atoms with E-state index in [1.165, 1.54) is 9.75 Å². The molecule has 1 aliphatic rings. The summed E-state index contributed by atoms with van der Waals surface area (Å²) in [5.74, 6) is 0. The van der Waals surface area contributed by atoms with Crippen LogP contribution in [0, 0.1) is 6.92 Å². The molecule has 118 valence electrons. The van der Waals surface area contributed by atoms with Crippen LogP contribution in [-0.2, 0) is 11.3 Å². The lowest BCUT2D eigenvalue weighted by Crippen LogP contribution is -2.48. The number of amides is 2. The molecule has 0 aromatic carbocycles. The Bertz CT molecular complexity index is 454. The zero-order valence-electron chi connectivity index (χ0n) is 13.0. The van der Waals surface area contributed by atoms with Crippen molar-refractivity contribution in [3.63, 3.8) is 0 Å². The minimum absolute atomic E-state index is 0.101. The highest BCUT2D eigenvalue weighted by atomic mass is 32.1. The molecule has 2 amide bonds. The van der Waals surface area contributed by atoms with Gasteiger partial charge in [0.1, 0.15) is 0 Å². The maximum Gasteiger partial charge on any atom is 0.315 e. The van der Waals surface area contributed by atoms with Crippen molar-refractivity contribution in [3.8, 4) is 0 Å². The van der Waals surface area contributed by atoms with Crippen molar-refractivity contribution >= 4 is 17.4 Å². The number of morpholine rings is 1. The van der Waals surface area contributed by atoms with E-state index in [1.54, 1.807) is 11.3 Å². The second kappa shape index (κ2) is 7.77. The number of nitrogens with one attached hydrogen (secondary N) is 2. The van der Waals surface area contributed by atoms with Gasteiger partial charge >= 0.3 is 6.03 Å². The first kappa shape index (κ1) is 16.3. The fourth-order valence-corrected chi connectivity index (χ4v) is 3.43. The van der Waals surface area contributed by atoms with E-state index in [0.717, 1.165) is 19.6 Å². The number of hydrogen-bond donors (Lipinski definition) is 2. The van der Waals surface area contributed by atoms with E-state index >= 15 is 0 Å². The molecule has 0 aliphatic carbocycles. The van der Waals surface area contributed by atoms with E-state index in [0.29, 0.717) is 13.1 Å². The van der Waals surface area contributed by atoms with Gasteiger partial charge in [-0.3, -0.25) is 4.90 Å². The van der Waals surface area contributed by atoms with E-state index in [2.05, 4.69) is 48.4 Å². The first-order chi connectivity index (χ1) is 10.0. The average Bonchev–Trinajstić information content (AvgIpc) is 2.81. The Labute approximate surface area is 130 Å². The molecule has 0 bridgehead atoms. The van der Waals surface area contributed by atoms with Crippen LogP contribution < -0.4 is 10.6 Å². The summed E-state index contributed by atoms with van der Waals surface area (Å²) < 4.78 is 5.69. The Balaban J connectivity index is 1.60. The lowest BCUT2D eigenvalue weighted by molar-refractivity contribution is -0.0672. The molecule has 2 atom stereocenters. The molecule has 1 saturated heterocycles. The van der Waals surface area contributed by atoms with Crippen LogP contribution >= 0.6 is 11.3 Å². The molecule has 2 unspecified atom stereocenters. The molecule has 1 fully saturated rings. The third-order valence-corrected chi connectivity index (χ3v) is 4.43. The highest BCUT2D eigenvalue weighted by Crippen LogP contribution is 2.14. The first-order valence-corrected chi connectivity index (χ1v) is 8.29. The summed E-state index contributed by atoms with van der Waals surface area (Å²) >= 11 is 1.71. The SMILES string of the molecule is Cc1ccc(CNC(=O)NCCN2CC(C)OC(C)C2)s1. The average molecular weight is 311 g/mol. The third-order valence-electron chi connectivity index (χ3n) is 3.43. The molecule has 0 saturated carbocycles. The van der Waals surface area contributed by atoms with Crippen LogP contribution in [0.1, 0.15) is 23.6 Å². The van der Waals surface area contributed by atoms with Crippen LogP contribution in [0.5, 0.6) is 0 Å². The Morgan fingerprint density at radius 2 is 2.05 bits per heavy atom. The summed E-state index contributed by atoms with van der Waals surface area (Å²) in [4.78, 5) is 16.5. The minimum atomic E-state index is -0.101. The molecule has 1 aromatic rings. The van der Waals surface area contributed by atoms with Gasteiger partial charge in [-0.05, 0) is 32.9 Å². The fourth-order valence-electron chi connectivity index (χ4n) is 2.60. The van der Waals surface area contributed by atoms with Crippen molar-refractivity contribution in [1.29, 1.82) is 0 Å². The first-order valence-electron chi connectivity index (χ1n) is 7.48. The number of thiophene rings is 1. The Hall–Kier alpha value is -1.11. The van der Waals surface area contributed by atoms with Crippen LogP contribution in [0.25, 0.3) is 0 Å². The van der Waals surface area contributed by atoms with Crippen molar-refractivity contribution in [1.82, 2.24) is 15.5 Å². The molecule has 6 heteroatoms. The van der Waals surface area contributed by atoms with E-state index in [9.17, 15) is 4.79 Å². The van der Waals surface area contributed by atoms with Crippen LogP contribution in [0.3, 0.4) is 0 Å². The Kier molecular flexibility index (Phi) is 6.02. The van der Waals surface area contributed by atoms with Crippen molar-refractivity contribution < 1.29 is 9.53 Å². The molecule has 0 spiro atoms. The number of aryl methyl sites for hydroxylation is 1. The lowest BCUT2D eigenvalue weighted by atomic mass is 10.2. The highest BCUT2D eigenvalue weighted by Gasteiger charge is 2.21. The fraction of sp³-hybridized carbons (Fsp3) is 0.667. The predicted octanol–water partition coefficient (Wildman–Crippen LogP) is 1.96. The molecular formula is C15H25N3O2S. The van der Waals surface area contributed by atoms with Gasteiger partial charge in [0, 0.05) is 35.9 Å². The molecule has 5 nitrogen and oxygen atoms in total. The van der Waals surface area contributed by atoms with E-state index in [1.807, 2.05) is 0 Å². The monoisotopic (exact) mass is 311 g/mol. The largest absolute Gasteiger partial charge is 0.373 e. The van der Waals surface area contributed by atoms with E-state index in [-0.39, 0.29) is 18.2 Å². The highest BCUT2D eigenvalue weighted by molar-refractivity contribution is 7.11. The summed E-state index contributed by atoms with van der Waals surface area (Å²) in [6, 6.07) is 4.02. The maximum absolute atomic E-state index is 11.7. The molecule has 2 rings (SSSR count). The van der Waals surface area contributed by atoms with Gasteiger partial charge in [-0.15, -0.1) is 11.3 Å². The summed E-state index contributed by atoms with van der Waals surface area (Å²) in [6.45, 7) is 10.2. The third kappa shape index (κ3) is 5.65. The lowest BCUT2D eigenvalue weighted by Gasteiger charge is -2.35. The van der Waals surface area contributed by atoms with Gasteiger partial charge < -0.3 is 15.4 Å². The molecule has 1 aromatic heterocycles. The van der Waals surface area contributed by atoms with Crippen LogP contribution in [-0.4, -0.2) is 49.3 Å². The standard InChI is InChI=1S/C15H25N3O2S/c1-11-9-18(10-12(2)20-11)7-6-16-15(19)17-8-14-5-4-13(3)21-14/h4-5,11-12H,6-10H2,1-3H3,(H2,16,17,19). The van der Waals surface area contributed by atoms with Gasteiger partial charge in [0.15, 0.2) is 0 Å². The van der Waals surface area contributed by atoms with Crippen molar-refractivity contribution in [2.75, 3.05) is 26.2 Å². The molecular weight excluding hydrogens is 286 g/mol. The molecule has 2 heterocycles. The summed E-state index contributed by atoms with van der Waals surface area (Å²) in [5.41, 5.74) is 0. The van der Waals surface area contributed by atoms with Gasteiger partial charge in [-0.1, -0.05) is 0 Å². The molecule has 1 aliphatic heterocycles. The number of nitrogens with zero attached hydrogens (tertiary/aromatic N) is 1. The summed E-state index contributed by atoms with van der Waals surface area (Å²) in [6.07, 6.45) is 0.536. The second-order valence-electron chi connectivity index (χ2n) is 5.64. The minimum Gasteiger partial charge on any atom is -0.373 e. The number of rotatable bonds is 5. The van der Waals surface area contributed by atoms with Gasteiger partial charge in [-0.25, -0.2) is 4.79 Å². The number of ether oxygens (including phenoxy) is 1. The van der Waals surface area contributed by atoms with Gasteiger partial charge in [-0.2, -0.15) is 0 Å². The Morgan fingerprint density at radius 1 is 1.33 bits per heavy atom. The van der Waals surface area contributed by atoms with Crippen LogP contribution in [0.2, 0.25) is 0 Å². The topological polar surface area (TPSA) is 53.6 Å². The Morgan fingerprint density at radius 3 is 2.67 bits per heavy atom. The van der Waals surface area contributed by atoms with Gasteiger partial charge in [0.2, 0.25) is 0 Å². The normalized spacial score (nSPS) is 23.0. The molecule has 21 heavy (non-hydrogen) atoms. The summed E-state index contributed by atoms with van der Waals surface area (Å²) in [5, 5.41) is 5.79. The zero-order valence-corrected chi connectivity index (χ0v) is 13.8. The maximum atomic E-state index is 11.7. The van der Waals surface area contributed by atoms with Crippen LogP contribution in [0.15, 0.2) is 12.1 Å². The van der Waals surface area contributed by atoms with Crippen molar-refractivity contribution in [2.24, 2.45) is 0 Å². The predicted molar refractivity (Wildman–Crippen MR) is 85.7 cm³/mol. The van der Waals surface area contributed by atoms with Gasteiger partial charge in [0.25, 0.3) is 0 Å². The number of carbonyl (C=O) groups is 1. The van der Waals surface area contributed by atoms with E-state index < -0.39 is 0 Å². The van der Waals surface area contributed by atoms with Crippen LogP contribution in [0.4, 0.5) is 4.79 Å². The number of urea groups is 1. The number of hydrogen-bond acceptors (Lipinski definition) is 4. The molecule has 0 radical (unpaired) electrons. The quantitative estimate of drug-likeness (QED) is 0.874. The van der Waals surface area contributed by atoms with Crippen molar-refractivity contribution in [2.45, 2.75) is 39.5 Å². The smallest absolute Gasteiger partial charge is 0.315 e. The number of carbonyl (C=O) groups excluding carboxylic acids is 1. The van der Waals surface area contributed by atoms with Gasteiger partial charge in [0.05, 0.1) is 18.8 Å². The zero-order chi connectivity index (χ0) is 15.2.